The minimum atomic E-state index is -1.09. The van der Waals surface area contributed by atoms with Crippen LogP contribution < -0.4 is 9.80 Å². The van der Waals surface area contributed by atoms with Crippen molar-refractivity contribution in [1.82, 2.24) is 0 Å². The third-order valence-electron chi connectivity index (χ3n) is 6.50. The summed E-state index contributed by atoms with van der Waals surface area (Å²) in [4.78, 5) is 29.7. The Hall–Kier alpha value is -4.00. The molecule has 0 aromatic heterocycles. The van der Waals surface area contributed by atoms with E-state index in [1.807, 2.05) is 56.3 Å². The van der Waals surface area contributed by atoms with E-state index in [-0.39, 0.29) is 17.7 Å². The van der Waals surface area contributed by atoms with Crippen molar-refractivity contribution in [3.05, 3.63) is 107 Å². The predicted octanol–water partition coefficient (Wildman–Crippen LogP) is 5.91. The molecule has 4 rings (SSSR count). The highest BCUT2D eigenvalue weighted by molar-refractivity contribution is 6.16. The maximum Gasteiger partial charge on any atom is 0.294 e. The van der Waals surface area contributed by atoms with Gasteiger partial charge in [-0.2, -0.15) is 0 Å². The second-order valence-corrected chi connectivity index (χ2v) is 8.61. The second kappa shape index (κ2) is 10.7. The van der Waals surface area contributed by atoms with Gasteiger partial charge in [-0.15, -0.1) is 0 Å². The topological polar surface area (TPSA) is 60.9 Å². The Kier molecular flexibility index (Phi) is 7.48. The van der Waals surface area contributed by atoms with E-state index >= 15 is 0 Å². The first-order chi connectivity index (χ1) is 17.3. The van der Waals surface area contributed by atoms with Crippen LogP contribution in [0.15, 0.2) is 84.1 Å². The van der Waals surface area contributed by atoms with Gasteiger partial charge in [0.25, 0.3) is 5.91 Å². The Morgan fingerprint density at radius 3 is 2.28 bits per heavy atom. The van der Waals surface area contributed by atoms with Gasteiger partial charge in [0.2, 0.25) is 0 Å². The Morgan fingerprint density at radius 2 is 1.64 bits per heavy atom. The molecule has 7 heteroatoms. The van der Waals surface area contributed by atoms with Crippen LogP contribution in [0.4, 0.5) is 20.2 Å². The summed E-state index contributed by atoms with van der Waals surface area (Å²) in [5.41, 5.74) is 1.94. The molecule has 36 heavy (non-hydrogen) atoms. The van der Waals surface area contributed by atoms with Crippen LogP contribution in [0.25, 0.3) is 0 Å². The number of amides is 1. The van der Waals surface area contributed by atoms with E-state index in [9.17, 15) is 23.5 Å². The number of halogens is 2. The zero-order valence-electron chi connectivity index (χ0n) is 20.2. The SMILES string of the molecule is CCN(CC)c1ccc(C2C(C(=O)CCc3ccccc3)=C(O)C(=O)N2c2cc(F)ccc2F)cc1. The summed E-state index contributed by atoms with van der Waals surface area (Å²) >= 11 is 0. The fraction of sp³-hybridized carbons (Fsp3) is 0.241. The highest BCUT2D eigenvalue weighted by atomic mass is 19.1. The number of aryl methyl sites for hydroxylation is 1. The minimum Gasteiger partial charge on any atom is -0.503 e. The molecule has 0 saturated carbocycles. The Balaban J connectivity index is 1.76. The second-order valence-electron chi connectivity index (χ2n) is 8.61. The van der Waals surface area contributed by atoms with E-state index in [0.29, 0.717) is 12.0 Å². The van der Waals surface area contributed by atoms with Gasteiger partial charge >= 0.3 is 0 Å². The van der Waals surface area contributed by atoms with Crippen molar-refractivity contribution in [3.63, 3.8) is 0 Å². The summed E-state index contributed by atoms with van der Waals surface area (Å²) in [5.74, 6) is -3.68. The van der Waals surface area contributed by atoms with Gasteiger partial charge in [0.15, 0.2) is 11.5 Å². The van der Waals surface area contributed by atoms with E-state index in [1.165, 1.54) is 0 Å². The standard InChI is InChI=1S/C29H28F2N2O3/c1-3-32(4-2)22-14-11-20(12-15-22)27-26(25(34)17-10-19-8-6-5-7-9-19)28(35)29(36)33(27)24-18-21(30)13-16-23(24)31/h5-9,11-16,18,27,35H,3-4,10,17H2,1-2H3. The number of Topliss-reactive ketones (excluding diaryl/α,β-unsaturated/α-hetero) is 1. The van der Waals surface area contributed by atoms with E-state index in [1.54, 1.807) is 12.1 Å². The zero-order valence-corrected chi connectivity index (χ0v) is 20.2. The lowest BCUT2D eigenvalue weighted by atomic mass is 9.92. The number of carbonyl (C=O) groups is 2. The lowest BCUT2D eigenvalue weighted by Crippen LogP contribution is -2.32. The summed E-state index contributed by atoms with van der Waals surface area (Å²) < 4.78 is 28.9. The van der Waals surface area contributed by atoms with Crippen LogP contribution in [-0.4, -0.2) is 29.9 Å². The molecule has 3 aromatic rings. The van der Waals surface area contributed by atoms with Crippen molar-refractivity contribution in [1.29, 1.82) is 0 Å². The van der Waals surface area contributed by atoms with Crippen molar-refractivity contribution in [2.45, 2.75) is 32.7 Å². The molecule has 1 aliphatic rings. The van der Waals surface area contributed by atoms with Crippen LogP contribution in [0.1, 0.15) is 37.4 Å². The highest BCUT2D eigenvalue weighted by Crippen LogP contribution is 2.42. The van der Waals surface area contributed by atoms with Crippen molar-refractivity contribution in [2.75, 3.05) is 22.9 Å². The van der Waals surface area contributed by atoms with E-state index in [0.717, 1.165) is 47.4 Å². The molecular weight excluding hydrogens is 462 g/mol. The summed E-state index contributed by atoms with van der Waals surface area (Å²) in [5, 5.41) is 10.8. The number of hydrogen-bond donors (Lipinski definition) is 1. The van der Waals surface area contributed by atoms with Gasteiger partial charge in [-0.3, -0.25) is 14.5 Å². The summed E-state index contributed by atoms with van der Waals surface area (Å²) in [7, 11) is 0. The van der Waals surface area contributed by atoms with Gasteiger partial charge in [0.1, 0.15) is 11.6 Å². The number of hydrogen-bond acceptors (Lipinski definition) is 4. The first-order valence-corrected chi connectivity index (χ1v) is 12.0. The number of ketones is 1. The molecule has 1 N–H and O–H groups in total. The van der Waals surface area contributed by atoms with Crippen molar-refractivity contribution >= 4 is 23.1 Å². The first-order valence-electron chi connectivity index (χ1n) is 12.0. The molecule has 0 spiro atoms. The predicted molar refractivity (Wildman–Crippen MR) is 136 cm³/mol. The van der Waals surface area contributed by atoms with E-state index in [4.69, 9.17) is 0 Å². The first kappa shape index (κ1) is 25.1. The van der Waals surface area contributed by atoms with Gasteiger partial charge < -0.3 is 10.0 Å². The van der Waals surface area contributed by atoms with Crippen LogP contribution in [0.5, 0.6) is 0 Å². The molecule has 186 valence electrons. The lowest BCUT2D eigenvalue weighted by molar-refractivity contribution is -0.118. The number of rotatable bonds is 9. The van der Waals surface area contributed by atoms with E-state index < -0.39 is 35.1 Å². The zero-order chi connectivity index (χ0) is 25.8. The van der Waals surface area contributed by atoms with Gasteiger partial charge in [-0.05, 0) is 55.7 Å². The van der Waals surface area contributed by atoms with Gasteiger partial charge in [-0.25, -0.2) is 8.78 Å². The molecule has 0 bridgehead atoms. The number of aliphatic hydroxyl groups is 1. The monoisotopic (exact) mass is 490 g/mol. The molecular formula is C29H28F2N2O3. The third-order valence-corrected chi connectivity index (χ3v) is 6.50. The molecule has 1 aliphatic heterocycles. The number of nitrogens with zero attached hydrogens (tertiary/aromatic N) is 2. The Labute approximate surface area is 209 Å². The molecule has 5 nitrogen and oxygen atoms in total. The van der Waals surface area contributed by atoms with Crippen LogP contribution >= 0.6 is 0 Å². The highest BCUT2D eigenvalue weighted by Gasteiger charge is 2.45. The Morgan fingerprint density at radius 1 is 0.972 bits per heavy atom. The molecule has 3 aromatic carbocycles. The van der Waals surface area contributed by atoms with Crippen LogP contribution in [0, 0.1) is 11.6 Å². The van der Waals surface area contributed by atoms with Gasteiger partial charge in [-0.1, -0.05) is 42.5 Å². The summed E-state index contributed by atoms with van der Waals surface area (Å²) in [6.07, 6.45) is 0.455. The van der Waals surface area contributed by atoms with Gasteiger partial charge in [0.05, 0.1) is 17.3 Å². The largest absolute Gasteiger partial charge is 0.503 e. The fourth-order valence-corrected chi connectivity index (χ4v) is 4.62. The molecule has 0 aliphatic carbocycles. The minimum absolute atomic E-state index is 0.0458. The quantitative estimate of drug-likeness (QED) is 0.405. The summed E-state index contributed by atoms with van der Waals surface area (Å²) in [6, 6.07) is 18.3. The number of aliphatic hydroxyl groups excluding tert-OH is 1. The molecule has 0 saturated heterocycles. The lowest BCUT2D eigenvalue weighted by Gasteiger charge is -2.28. The number of carbonyl (C=O) groups excluding carboxylic acids is 2. The van der Waals surface area contributed by atoms with Gasteiger partial charge in [0, 0.05) is 31.3 Å². The van der Waals surface area contributed by atoms with E-state index in [2.05, 4.69) is 4.90 Å². The van der Waals surface area contributed by atoms with Crippen molar-refractivity contribution in [2.24, 2.45) is 0 Å². The maximum absolute atomic E-state index is 14.8. The molecule has 1 atom stereocenters. The normalized spacial score (nSPS) is 15.5. The van der Waals surface area contributed by atoms with Crippen LogP contribution in [0.2, 0.25) is 0 Å². The fourth-order valence-electron chi connectivity index (χ4n) is 4.62. The van der Waals surface area contributed by atoms with Crippen molar-refractivity contribution in [3.8, 4) is 0 Å². The summed E-state index contributed by atoms with van der Waals surface area (Å²) in [6.45, 7) is 5.65. The average molecular weight is 491 g/mol. The smallest absolute Gasteiger partial charge is 0.294 e. The van der Waals surface area contributed by atoms with Crippen LogP contribution in [-0.2, 0) is 16.0 Å². The number of benzene rings is 3. The average Bonchev–Trinajstić information content (AvgIpc) is 3.16. The Bertz CT molecular complexity index is 1290. The third kappa shape index (κ3) is 4.87. The molecule has 1 unspecified atom stereocenters. The number of anilines is 2. The van der Waals surface area contributed by atoms with Crippen molar-refractivity contribution < 1.29 is 23.5 Å². The van der Waals surface area contributed by atoms with Crippen LogP contribution in [0.3, 0.4) is 0 Å². The molecule has 1 heterocycles. The molecule has 1 amide bonds. The molecule has 0 fully saturated rings. The molecule has 0 radical (unpaired) electrons. The maximum atomic E-state index is 14.8.